The summed E-state index contributed by atoms with van der Waals surface area (Å²) >= 11 is 7.00. The number of aromatic hydroxyl groups is 1. The number of nitrogens with zero attached hydrogens (tertiary/aromatic N) is 1. The maximum Gasteiger partial charge on any atom is 0.286 e. The number of carbonyl (C=O) groups is 1. The van der Waals surface area contributed by atoms with E-state index >= 15 is 0 Å². The van der Waals surface area contributed by atoms with Crippen LogP contribution in [-0.4, -0.2) is 16.2 Å². The van der Waals surface area contributed by atoms with Crippen LogP contribution in [0.5, 0.6) is 5.75 Å². The van der Waals surface area contributed by atoms with Crippen LogP contribution >= 0.6 is 23.4 Å². The number of thioether (sulfide) groups is 1. The summed E-state index contributed by atoms with van der Waals surface area (Å²) in [5, 5.41) is 9.96. The average molecular weight is 255 g/mol. The zero-order valence-corrected chi connectivity index (χ0v) is 9.55. The summed E-state index contributed by atoms with van der Waals surface area (Å²) in [6.07, 6.45) is 1.55. The van der Waals surface area contributed by atoms with Crippen LogP contribution < -0.4 is 5.73 Å². The fourth-order valence-corrected chi connectivity index (χ4v) is 2.05. The van der Waals surface area contributed by atoms with Gasteiger partial charge >= 0.3 is 0 Å². The molecule has 1 amide bonds. The first-order valence-electron chi connectivity index (χ1n) is 4.33. The van der Waals surface area contributed by atoms with Crippen LogP contribution in [-0.2, 0) is 4.79 Å². The van der Waals surface area contributed by atoms with E-state index in [-0.39, 0.29) is 16.8 Å². The maximum atomic E-state index is 11.3. The van der Waals surface area contributed by atoms with Crippen LogP contribution in [0.15, 0.2) is 28.1 Å². The van der Waals surface area contributed by atoms with Gasteiger partial charge in [-0.1, -0.05) is 11.6 Å². The topological polar surface area (TPSA) is 75.7 Å². The lowest BCUT2D eigenvalue weighted by atomic mass is 10.2. The summed E-state index contributed by atoms with van der Waals surface area (Å²) in [7, 11) is 0. The lowest BCUT2D eigenvalue weighted by Gasteiger charge is -2.00. The van der Waals surface area contributed by atoms with Gasteiger partial charge in [-0.3, -0.25) is 4.79 Å². The molecule has 1 heterocycles. The molecule has 1 aromatic carbocycles. The molecule has 4 nitrogen and oxygen atoms in total. The van der Waals surface area contributed by atoms with Gasteiger partial charge in [-0.2, -0.15) is 4.99 Å². The minimum Gasteiger partial charge on any atom is -0.508 e. The molecule has 82 valence electrons. The van der Waals surface area contributed by atoms with Crippen LogP contribution in [0, 0.1) is 0 Å². The molecule has 0 fully saturated rings. The second-order valence-corrected chi connectivity index (χ2v) is 4.54. The Kier molecular flexibility index (Phi) is 2.89. The van der Waals surface area contributed by atoms with Crippen LogP contribution in [0.4, 0.5) is 0 Å². The molecule has 16 heavy (non-hydrogen) atoms. The van der Waals surface area contributed by atoms with E-state index in [2.05, 4.69) is 4.99 Å². The number of phenols is 1. The number of benzene rings is 1. The van der Waals surface area contributed by atoms with E-state index in [0.29, 0.717) is 15.5 Å². The molecule has 0 unspecified atom stereocenters. The van der Waals surface area contributed by atoms with Crippen LogP contribution in [0.1, 0.15) is 5.56 Å². The van der Waals surface area contributed by atoms with Crippen molar-refractivity contribution in [3.8, 4) is 5.75 Å². The minimum atomic E-state index is -0.387. The van der Waals surface area contributed by atoms with Gasteiger partial charge in [-0.25, -0.2) is 0 Å². The maximum absolute atomic E-state index is 11.3. The Hall–Kier alpha value is -1.46. The van der Waals surface area contributed by atoms with E-state index in [1.165, 1.54) is 12.1 Å². The summed E-state index contributed by atoms with van der Waals surface area (Å²) in [4.78, 5) is 15.3. The largest absolute Gasteiger partial charge is 0.508 e. The van der Waals surface area contributed by atoms with Crippen molar-refractivity contribution in [2.24, 2.45) is 10.7 Å². The van der Waals surface area contributed by atoms with E-state index in [4.69, 9.17) is 17.3 Å². The van der Waals surface area contributed by atoms with E-state index in [1.807, 2.05) is 0 Å². The molecular weight excluding hydrogens is 248 g/mol. The highest BCUT2D eigenvalue weighted by molar-refractivity contribution is 8.18. The van der Waals surface area contributed by atoms with E-state index < -0.39 is 0 Å². The molecule has 0 bridgehead atoms. The summed E-state index contributed by atoms with van der Waals surface area (Å²) in [5.41, 5.74) is 5.96. The quantitative estimate of drug-likeness (QED) is 0.752. The van der Waals surface area contributed by atoms with Gasteiger partial charge < -0.3 is 10.8 Å². The Morgan fingerprint density at radius 2 is 2.25 bits per heavy atom. The van der Waals surface area contributed by atoms with Gasteiger partial charge in [0, 0.05) is 5.02 Å². The predicted octanol–water partition coefficient (Wildman–Crippen LogP) is 1.97. The third-order valence-electron chi connectivity index (χ3n) is 1.90. The summed E-state index contributed by atoms with van der Waals surface area (Å²) in [5.74, 6) is -0.303. The van der Waals surface area contributed by atoms with Crippen molar-refractivity contribution < 1.29 is 9.90 Å². The molecule has 1 aromatic rings. The zero-order valence-electron chi connectivity index (χ0n) is 7.98. The first-order chi connectivity index (χ1) is 7.56. The molecule has 0 spiro atoms. The molecule has 0 aliphatic carbocycles. The lowest BCUT2D eigenvalue weighted by Crippen LogP contribution is -2.01. The third kappa shape index (κ3) is 2.20. The third-order valence-corrected chi connectivity index (χ3v) is 3.06. The van der Waals surface area contributed by atoms with Gasteiger partial charge in [0.05, 0.1) is 4.91 Å². The molecule has 0 aromatic heterocycles. The van der Waals surface area contributed by atoms with Crippen molar-refractivity contribution in [3.05, 3.63) is 33.7 Å². The normalized spacial score (nSPS) is 17.9. The van der Waals surface area contributed by atoms with Gasteiger partial charge in [-0.05, 0) is 41.6 Å². The molecule has 0 atom stereocenters. The first kappa shape index (κ1) is 11.0. The molecule has 1 aliphatic heterocycles. The fraction of sp³-hybridized carbons (Fsp3) is 0. The highest BCUT2D eigenvalue weighted by Crippen LogP contribution is 2.30. The van der Waals surface area contributed by atoms with Crippen LogP contribution in [0.3, 0.4) is 0 Å². The summed E-state index contributed by atoms with van der Waals surface area (Å²) in [6.45, 7) is 0. The van der Waals surface area contributed by atoms with Crippen molar-refractivity contribution in [2.75, 3.05) is 0 Å². The predicted molar refractivity (Wildman–Crippen MR) is 65.3 cm³/mol. The molecule has 0 saturated heterocycles. The van der Waals surface area contributed by atoms with E-state index in [9.17, 15) is 9.90 Å². The number of halogens is 1. The second kappa shape index (κ2) is 4.19. The van der Waals surface area contributed by atoms with Gasteiger partial charge in [0.2, 0.25) is 0 Å². The molecule has 1 aliphatic rings. The standard InChI is InChI=1S/C10H7ClN2O2S/c11-7-2-1-6(14)3-5(7)4-8-9(15)13-10(12)16-8/h1-4,14H,(H2,12,13,15)/b8-4-. The number of rotatable bonds is 1. The fourth-order valence-electron chi connectivity index (χ4n) is 1.21. The average Bonchev–Trinajstić information content (AvgIpc) is 2.51. The van der Waals surface area contributed by atoms with Gasteiger partial charge in [0.15, 0.2) is 5.17 Å². The highest BCUT2D eigenvalue weighted by Gasteiger charge is 2.19. The van der Waals surface area contributed by atoms with Gasteiger partial charge in [0.25, 0.3) is 5.91 Å². The minimum absolute atomic E-state index is 0.0839. The molecular formula is C10H7ClN2O2S. The van der Waals surface area contributed by atoms with Crippen LogP contribution in [0.2, 0.25) is 5.02 Å². The van der Waals surface area contributed by atoms with Crippen molar-refractivity contribution in [1.29, 1.82) is 0 Å². The zero-order chi connectivity index (χ0) is 11.7. The summed E-state index contributed by atoms with van der Waals surface area (Å²) in [6, 6.07) is 4.49. The first-order valence-corrected chi connectivity index (χ1v) is 5.52. The molecule has 6 heteroatoms. The van der Waals surface area contributed by atoms with Crippen LogP contribution in [0.25, 0.3) is 6.08 Å². The second-order valence-electron chi connectivity index (χ2n) is 3.07. The van der Waals surface area contributed by atoms with Crippen molar-refractivity contribution in [1.82, 2.24) is 0 Å². The smallest absolute Gasteiger partial charge is 0.286 e. The molecule has 2 rings (SSSR count). The number of amidine groups is 1. The van der Waals surface area contributed by atoms with E-state index in [1.54, 1.807) is 12.1 Å². The van der Waals surface area contributed by atoms with Gasteiger partial charge in [-0.15, -0.1) is 0 Å². The molecule has 0 radical (unpaired) electrons. The number of carbonyl (C=O) groups excluding carboxylic acids is 1. The number of hydrogen-bond donors (Lipinski definition) is 2. The summed E-state index contributed by atoms with van der Waals surface area (Å²) < 4.78 is 0. The van der Waals surface area contributed by atoms with Crippen molar-refractivity contribution in [3.63, 3.8) is 0 Å². The number of phenolic OH excluding ortho intramolecular Hbond substituents is 1. The monoisotopic (exact) mass is 254 g/mol. The Morgan fingerprint density at radius 1 is 1.50 bits per heavy atom. The highest BCUT2D eigenvalue weighted by atomic mass is 35.5. The SMILES string of the molecule is NC1=NC(=O)/C(=C/c2cc(O)ccc2Cl)S1. The van der Waals surface area contributed by atoms with E-state index in [0.717, 1.165) is 11.8 Å². The number of amides is 1. The van der Waals surface area contributed by atoms with Crippen molar-refractivity contribution in [2.45, 2.75) is 0 Å². The Labute approximate surface area is 101 Å². The Balaban J connectivity index is 2.37. The number of nitrogens with two attached hydrogens (primary N) is 1. The Bertz CT molecular complexity index is 526. The van der Waals surface area contributed by atoms with Crippen molar-refractivity contribution >= 4 is 40.5 Å². The van der Waals surface area contributed by atoms with Gasteiger partial charge in [0.1, 0.15) is 5.75 Å². The lowest BCUT2D eigenvalue weighted by molar-refractivity contribution is -0.113. The number of aliphatic imine (C=N–C) groups is 1. The molecule has 3 N–H and O–H groups in total. The molecule has 0 saturated carbocycles. The number of hydrogen-bond acceptors (Lipinski definition) is 4. The Morgan fingerprint density at radius 3 is 2.88 bits per heavy atom.